The zero-order valence-electron chi connectivity index (χ0n) is 15.0. The van der Waals surface area contributed by atoms with Crippen LogP contribution in [-0.4, -0.2) is 36.0 Å². The zero-order valence-corrected chi connectivity index (χ0v) is 15.0. The van der Waals surface area contributed by atoms with Crippen molar-refractivity contribution >= 4 is 16.8 Å². The van der Waals surface area contributed by atoms with Crippen molar-refractivity contribution in [2.24, 2.45) is 11.8 Å². The molecule has 1 saturated heterocycles. The highest BCUT2D eigenvalue weighted by Gasteiger charge is 2.24. The molecule has 0 radical (unpaired) electrons. The molecule has 1 aliphatic heterocycles. The van der Waals surface area contributed by atoms with Crippen LogP contribution in [-0.2, 0) is 11.2 Å². The molecule has 1 N–H and O–H groups in total. The molecule has 0 saturated carbocycles. The Kier molecular flexibility index (Phi) is 5.12. The number of carbonyl (C=O) groups excluding carboxylic acids is 1. The molecule has 1 aromatic carbocycles. The highest BCUT2D eigenvalue weighted by atomic mass is 16.5. The molecule has 2 aromatic rings. The summed E-state index contributed by atoms with van der Waals surface area (Å²) in [5.74, 6) is 2.43. The summed E-state index contributed by atoms with van der Waals surface area (Å²) in [6.07, 6.45) is 6.02. The van der Waals surface area contributed by atoms with Gasteiger partial charge < -0.3 is 14.6 Å². The number of nitrogens with zero attached hydrogens (tertiary/aromatic N) is 1. The van der Waals surface area contributed by atoms with Crippen LogP contribution in [0.15, 0.2) is 24.4 Å². The van der Waals surface area contributed by atoms with Gasteiger partial charge in [-0.1, -0.05) is 13.8 Å². The minimum atomic E-state index is 0.243. The van der Waals surface area contributed by atoms with Crippen molar-refractivity contribution < 1.29 is 9.53 Å². The second kappa shape index (κ2) is 7.29. The van der Waals surface area contributed by atoms with Crippen LogP contribution in [0.2, 0.25) is 0 Å². The molecular formula is C20H28N2O2. The van der Waals surface area contributed by atoms with Crippen molar-refractivity contribution in [2.45, 2.75) is 39.5 Å². The molecule has 1 aliphatic rings. The summed E-state index contributed by atoms with van der Waals surface area (Å²) in [7, 11) is 1.67. The third-order valence-electron chi connectivity index (χ3n) is 4.99. The van der Waals surface area contributed by atoms with Gasteiger partial charge in [-0.3, -0.25) is 4.79 Å². The van der Waals surface area contributed by atoms with Crippen molar-refractivity contribution in [1.29, 1.82) is 0 Å². The van der Waals surface area contributed by atoms with Crippen LogP contribution >= 0.6 is 0 Å². The van der Waals surface area contributed by atoms with E-state index < -0.39 is 0 Å². The van der Waals surface area contributed by atoms with Gasteiger partial charge >= 0.3 is 0 Å². The molecular weight excluding hydrogens is 300 g/mol. The van der Waals surface area contributed by atoms with Gasteiger partial charge in [0.2, 0.25) is 5.91 Å². The normalized spacial score (nSPS) is 18.3. The standard InChI is InChI=1S/C20H28N2O2/c1-14(2)9-15-5-4-8-22(13-15)20(23)10-16-12-21-19-7-6-17(24-3)11-18(16)19/h6-7,11-12,14-15,21H,4-5,8-10,13H2,1-3H3. The zero-order chi connectivity index (χ0) is 17.1. The summed E-state index contributed by atoms with van der Waals surface area (Å²) in [4.78, 5) is 18.1. The molecule has 2 heterocycles. The summed E-state index contributed by atoms with van der Waals surface area (Å²) < 4.78 is 5.31. The first-order valence-corrected chi connectivity index (χ1v) is 8.98. The number of piperidine rings is 1. The number of hydrogen-bond donors (Lipinski definition) is 1. The monoisotopic (exact) mass is 328 g/mol. The van der Waals surface area contributed by atoms with Crippen molar-refractivity contribution in [3.8, 4) is 5.75 Å². The average Bonchev–Trinajstić information content (AvgIpc) is 2.96. The Morgan fingerprint density at radius 3 is 3.00 bits per heavy atom. The molecule has 0 bridgehead atoms. The SMILES string of the molecule is COc1ccc2[nH]cc(CC(=O)N3CCCC(CC(C)C)C3)c2c1. The quantitative estimate of drug-likeness (QED) is 0.901. The average molecular weight is 328 g/mol. The number of nitrogens with one attached hydrogen (secondary N) is 1. The Labute approximate surface area is 144 Å². The molecule has 1 amide bonds. The fourth-order valence-electron chi connectivity index (χ4n) is 3.86. The van der Waals surface area contributed by atoms with Gasteiger partial charge in [-0.15, -0.1) is 0 Å². The van der Waals surface area contributed by atoms with E-state index >= 15 is 0 Å². The lowest BCUT2D eigenvalue weighted by atomic mass is 9.89. The second-order valence-electron chi connectivity index (χ2n) is 7.38. The molecule has 1 fully saturated rings. The largest absolute Gasteiger partial charge is 0.497 e. The lowest BCUT2D eigenvalue weighted by Crippen LogP contribution is -2.41. The van der Waals surface area contributed by atoms with Gasteiger partial charge in [0.25, 0.3) is 0 Å². The van der Waals surface area contributed by atoms with Crippen molar-refractivity contribution in [2.75, 3.05) is 20.2 Å². The fraction of sp³-hybridized carbons (Fsp3) is 0.550. The molecule has 1 atom stereocenters. The molecule has 24 heavy (non-hydrogen) atoms. The Hall–Kier alpha value is -1.97. The predicted octanol–water partition coefficient (Wildman–Crippen LogP) is 4.00. The Bertz CT molecular complexity index is 705. The van der Waals surface area contributed by atoms with Crippen molar-refractivity contribution in [3.05, 3.63) is 30.0 Å². The van der Waals surface area contributed by atoms with Crippen LogP contribution in [0.1, 0.15) is 38.7 Å². The number of fused-ring (bicyclic) bond motifs is 1. The maximum Gasteiger partial charge on any atom is 0.227 e. The number of rotatable bonds is 5. The summed E-state index contributed by atoms with van der Waals surface area (Å²) in [6, 6.07) is 5.94. The van der Waals surface area contributed by atoms with E-state index in [2.05, 4.69) is 23.7 Å². The minimum Gasteiger partial charge on any atom is -0.497 e. The predicted molar refractivity (Wildman–Crippen MR) is 97.3 cm³/mol. The third-order valence-corrected chi connectivity index (χ3v) is 4.99. The minimum absolute atomic E-state index is 0.243. The number of hydrogen-bond acceptors (Lipinski definition) is 2. The number of methoxy groups -OCH3 is 1. The highest BCUT2D eigenvalue weighted by molar-refractivity contribution is 5.89. The highest BCUT2D eigenvalue weighted by Crippen LogP contribution is 2.26. The smallest absolute Gasteiger partial charge is 0.227 e. The van der Waals surface area contributed by atoms with Crippen LogP contribution < -0.4 is 4.74 Å². The maximum atomic E-state index is 12.8. The lowest BCUT2D eigenvalue weighted by Gasteiger charge is -2.33. The first kappa shape index (κ1) is 16.9. The number of ether oxygens (including phenoxy) is 1. The van der Waals surface area contributed by atoms with E-state index in [0.717, 1.165) is 41.7 Å². The maximum absolute atomic E-state index is 12.8. The Balaban J connectivity index is 1.70. The first-order valence-electron chi connectivity index (χ1n) is 8.98. The van der Waals surface area contributed by atoms with Crippen molar-refractivity contribution in [1.82, 2.24) is 9.88 Å². The summed E-state index contributed by atoms with van der Waals surface area (Å²) >= 11 is 0. The topological polar surface area (TPSA) is 45.3 Å². The summed E-state index contributed by atoms with van der Waals surface area (Å²) in [6.45, 7) is 6.35. The van der Waals surface area contributed by atoms with Crippen LogP contribution in [0.4, 0.5) is 0 Å². The van der Waals surface area contributed by atoms with Crippen LogP contribution in [0.25, 0.3) is 10.9 Å². The Morgan fingerprint density at radius 1 is 1.42 bits per heavy atom. The number of likely N-dealkylation sites (tertiary alicyclic amines) is 1. The van der Waals surface area contributed by atoms with E-state index in [0.29, 0.717) is 18.3 Å². The molecule has 130 valence electrons. The Morgan fingerprint density at radius 2 is 2.25 bits per heavy atom. The van der Waals surface area contributed by atoms with E-state index in [1.807, 2.05) is 24.4 Å². The summed E-state index contributed by atoms with van der Waals surface area (Å²) in [5.41, 5.74) is 2.11. The molecule has 4 heteroatoms. The van der Waals surface area contributed by atoms with Gasteiger partial charge in [-0.2, -0.15) is 0 Å². The van der Waals surface area contributed by atoms with Crippen LogP contribution in [0.3, 0.4) is 0 Å². The fourth-order valence-corrected chi connectivity index (χ4v) is 3.86. The molecule has 1 aromatic heterocycles. The molecule has 0 spiro atoms. The van der Waals surface area contributed by atoms with E-state index in [-0.39, 0.29) is 5.91 Å². The van der Waals surface area contributed by atoms with Gasteiger partial charge in [0.15, 0.2) is 0 Å². The van der Waals surface area contributed by atoms with Gasteiger partial charge in [0, 0.05) is 30.2 Å². The lowest BCUT2D eigenvalue weighted by molar-refractivity contribution is -0.132. The van der Waals surface area contributed by atoms with Crippen LogP contribution in [0.5, 0.6) is 5.75 Å². The van der Waals surface area contributed by atoms with E-state index in [9.17, 15) is 4.79 Å². The number of aromatic nitrogens is 1. The number of benzene rings is 1. The van der Waals surface area contributed by atoms with Gasteiger partial charge in [-0.25, -0.2) is 0 Å². The number of amides is 1. The molecule has 1 unspecified atom stereocenters. The van der Waals surface area contributed by atoms with Gasteiger partial charge in [0.1, 0.15) is 5.75 Å². The second-order valence-corrected chi connectivity index (χ2v) is 7.38. The van der Waals surface area contributed by atoms with Gasteiger partial charge in [-0.05, 0) is 54.9 Å². The van der Waals surface area contributed by atoms with E-state index in [4.69, 9.17) is 4.74 Å². The number of H-pyrrole nitrogens is 1. The molecule has 4 nitrogen and oxygen atoms in total. The molecule has 0 aliphatic carbocycles. The summed E-state index contributed by atoms with van der Waals surface area (Å²) in [5, 5.41) is 1.08. The van der Waals surface area contributed by atoms with Gasteiger partial charge in [0.05, 0.1) is 13.5 Å². The van der Waals surface area contributed by atoms with E-state index in [1.165, 1.54) is 12.8 Å². The first-order chi connectivity index (χ1) is 11.6. The molecule has 3 rings (SSSR count). The number of aromatic amines is 1. The van der Waals surface area contributed by atoms with E-state index in [1.54, 1.807) is 7.11 Å². The van der Waals surface area contributed by atoms with Crippen LogP contribution in [0, 0.1) is 11.8 Å². The van der Waals surface area contributed by atoms with Crippen molar-refractivity contribution in [3.63, 3.8) is 0 Å². The number of carbonyl (C=O) groups is 1. The third kappa shape index (κ3) is 3.74.